The number of halogens is 3. The third-order valence-corrected chi connectivity index (χ3v) is 3.59. The molecule has 0 bridgehead atoms. The summed E-state index contributed by atoms with van der Waals surface area (Å²) in [5.74, 6) is -3.57. The molecule has 8 heteroatoms. The van der Waals surface area contributed by atoms with Gasteiger partial charge in [-0.2, -0.15) is 0 Å². The van der Waals surface area contributed by atoms with Crippen molar-refractivity contribution in [1.82, 2.24) is 0 Å². The normalized spacial score (nSPS) is 11.7. The van der Waals surface area contributed by atoms with E-state index in [9.17, 15) is 18.4 Å². The molecule has 0 saturated heterocycles. The van der Waals surface area contributed by atoms with Gasteiger partial charge < -0.3 is 15.8 Å². The maximum absolute atomic E-state index is 13.5. The van der Waals surface area contributed by atoms with Gasteiger partial charge >= 0.3 is 5.97 Å². The standard InChI is InChI=1S/C16H13BrF2N2O3/c1-8(15(22)21-14-11(18)3-2-4-12(14)19)24-16(23)10-7-9(17)5-6-13(10)20/h2-8H,20H2,1H3,(H,21,22)/t8-/m0/s1. The lowest BCUT2D eigenvalue weighted by molar-refractivity contribution is -0.123. The van der Waals surface area contributed by atoms with E-state index in [-0.39, 0.29) is 11.3 Å². The summed E-state index contributed by atoms with van der Waals surface area (Å²) in [7, 11) is 0. The minimum absolute atomic E-state index is 0.0705. The summed E-state index contributed by atoms with van der Waals surface area (Å²) in [4.78, 5) is 24.0. The fourth-order valence-corrected chi connectivity index (χ4v) is 2.19. The predicted molar refractivity (Wildman–Crippen MR) is 88.4 cm³/mol. The summed E-state index contributed by atoms with van der Waals surface area (Å²) in [5, 5.41) is 2.05. The number of carbonyl (C=O) groups is 2. The first-order chi connectivity index (χ1) is 11.3. The number of nitrogens with two attached hydrogens (primary N) is 1. The molecular weight excluding hydrogens is 386 g/mol. The third-order valence-electron chi connectivity index (χ3n) is 3.10. The maximum atomic E-state index is 13.5. The molecule has 0 aliphatic heterocycles. The van der Waals surface area contributed by atoms with Gasteiger partial charge in [-0.1, -0.05) is 22.0 Å². The minimum Gasteiger partial charge on any atom is -0.449 e. The molecule has 3 N–H and O–H groups in total. The average Bonchev–Trinajstić information content (AvgIpc) is 2.53. The van der Waals surface area contributed by atoms with E-state index in [0.717, 1.165) is 12.1 Å². The van der Waals surface area contributed by atoms with Gasteiger partial charge in [0.15, 0.2) is 6.10 Å². The van der Waals surface area contributed by atoms with Crippen molar-refractivity contribution >= 4 is 39.2 Å². The molecule has 1 atom stereocenters. The molecule has 0 heterocycles. The van der Waals surface area contributed by atoms with Gasteiger partial charge in [0.25, 0.3) is 5.91 Å². The van der Waals surface area contributed by atoms with E-state index in [4.69, 9.17) is 10.5 Å². The first kappa shape index (κ1) is 17.9. The zero-order valence-electron chi connectivity index (χ0n) is 12.5. The lowest BCUT2D eigenvalue weighted by Gasteiger charge is -2.15. The number of anilines is 2. The average molecular weight is 399 g/mol. The van der Waals surface area contributed by atoms with Gasteiger partial charge in [0.2, 0.25) is 0 Å². The molecule has 0 aliphatic rings. The van der Waals surface area contributed by atoms with E-state index in [1.165, 1.54) is 25.1 Å². The maximum Gasteiger partial charge on any atom is 0.341 e. The molecule has 2 aromatic carbocycles. The summed E-state index contributed by atoms with van der Waals surface area (Å²) in [6.07, 6.45) is -1.28. The van der Waals surface area contributed by atoms with Gasteiger partial charge in [-0.3, -0.25) is 4.79 Å². The van der Waals surface area contributed by atoms with Crippen LogP contribution in [-0.4, -0.2) is 18.0 Å². The highest BCUT2D eigenvalue weighted by Gasteiger charge is 2.22. The fraction of sp³-hybridized carbons (Fsp3) is 0.125. The van der Waals surface area contributed by atoms with Crippen LogP contribution in [0.4, 0.5) is 20.2 Å². The van der Waals surface area contributed by atoms with Crippen LogP contribution in [0.1, 0.15) is 17.3 Å². The summed E-state index contributed by atoms with van der Waals surface area (Å²) in [6.45, 7) is 1.28. The number of para-hydroxylation sites is 1. The molecule has 2 rings (SSSR count). The summed E-state index contributed by atoms with van der Waals surface area (Å²) < 4.78 is 32.6. The van der Waals surface area contributed by atoms with E-state index < -0.39 is 35.3 Å². The van der Waals surface area contributed by atoms with Crippen LogP contribution in [-0.2, 0) is 9.53 Å². The minimum atomic E-state index is -1.28. The van der Waals surface area contributed by atoms with Gasteiger partial charge in [-0.05, 0) is 37.3 Å². The highest BCUT2D eigenvalue weighted by molar-refractivity contribution is 9.10. The van der Waals surface area contributed by atoms with Crippen LogP contribution in [0.25, 0.3) is 0 Å². The van der Waals surface area contributed by atoms with Crippen LogP contribution in [0.2, 0.25) is 0 Å². The quantitative estimate of drug-likeness (QED) is 0.609. The van der Waals surface area contributed by atoms with Crippen molar-refractivity contribution in [2.75, 3.05) is 11.1 Å². The first-order valence-electron chi connectivity index (χ1n) is 6.80. The van der Waals surface area contributed by atoms with Crippen molar-refractivity contribution in [2.24, 2.45) is 0 Å². The number of carbonyl (C=O) groups excluding carboxylic acids is 2. The second-order valence-electron chi connectivity index (χ2n) is 4.87. The monoisotopic (exact) mass is 398 g/mol. The molecule has 0 fully saturated rings. The van der Waals surface area contributed by atoms with Crippen molar-refractivity contribution in [3.05, 3.63) is 58.1 Å². The highest BCUT2D eigenvalue weighted by atomic mass is 79.9. The fourth-order valence-electron chi connectivity index (χ4n) is 1.82. The molecule has 24 heavy (non-hydrogen) atoms. The Kier molecular flexibility index (Phi) is 5.50. The van der Waals surface area contributed by atoms with Gasteiger partial charge in [0.05, 0.1) is 5.56 Å². The number of benzene rings is 2. The van der Waals surface area contributed by atoms with Crippen LogP contribution >= 0.6 is 15.9 Å². The molecule has 2 aromatic rings. The van der Waals surface area contributed by atoms with Crippen molar-refractivity contribution in [1.29, 1.82) is 0 Å². The third kappa shape index (κ3) is 4.08. The van der Waals surface area contributed by atoms with E-state index >= 15 is 0 Å². The van der Waals surface area contributed by atoms with Crippen molar-refractivity contribution in [2.45, 2.75) is 13.0 Å². The Labute approximate surface area is 144 Å². The van der Waals surface area contributed by atoms with Gasteiger partial charge in [-0.25, -0.2) is 13.6 Å². The number of rotatable bonds is 4. The first-order valence-corrected chi connectivity index (χ1v) is 7.59. The number of hydrogen-bond acceptors (Lipinski definition) is 4. The Morgan fingerprint density at radius 1 is 1.21 bits per heavy atom. The van der Waals surface area contributed by atoms with Gasteiger partial charge in [0.1, 0.15) is 17.3 Å². The van der Waals surface area contributed by atoms with Crippen LogP contribution in [0, 0.1) is 11.6 Å². The molecule has 5 nitrogen and oxygen atoms in total. The van der Waals surface area contributed by atoms with Gasteiger partial charge in [0, 0.05) is 10.2 Å². The molecule has 1 amide bonds. The smallest absolute Gasteiger partial charge is 0.341 e. The highest BCUT2D eigenvalue weighted by Crippen LogP contribution is 2.21. The van der Waals surface area contributed by atoms with E-state index in [0.29, 0.717) is 4.47 Å². The summed E-state index contributed by atoms with van der Waals surface area (Å²) in [6, 6.07) is 7.75. The lowest BCUT2D eigenvalue weighted by Crippen LogP contribution is -2.30. The van der Waals surface area contributed by atoms with Crippen molar-refractivity contribution < 1.29 is 23.1 Å². The number of hydrogen-bond donors (Lipinski definition) is 2. The number of amides is 1. The second kappa shape index (κ2) is 7.39. The van der Waals surface area contributed by atoms with Crippen LogP contribution in [0.3, 0.4) is 0 Å². The van der Waals surface area contributed by atoms with Crippen LogP contribution in [0.5, 0.6) is 0 Å². The molecule has 0 spiro atoms. The molecular formula is C16H13BrF2N2O3. The largest absolute Gasteiger partial charge is 0.449 e. The summed E-state index contributed by atoms with van der Waals surface area (Å²) in [5.41, 5.74) is 5.33. The Hall–Kier alpha value is -2.48. The molecule has 0 unspecified atom stereocenters. The number of esters is 1. The van der Waals surface area contributed by atoms with Gasteiger partial charge in [-0.15, -0.1) is 0 Å². The SMILES string of the molecule is C[C@H](OC(=O)c1cc(Br)ccc1N)C(=O)Nc1c(F)cccc1F. The molecule has 126 valence electrons. The Morgan fingerprint density at radius 2 is 1.83 bits per heavy atom. The Morgan fingerprint density at radius 3 is 2.46 bits per heavy atom. The molecule has 0 saturated carbocycles. The lowest BCUT2D eigenvalue weighted by atomic mass is 10.2. The number of nitrogen functional groups attached to an aromatic ring is 1. The Bertz CT molecular complexity index is 779. The zero-order valence-corrected chi connectivity index (χ0v) is 14.1. The molecule has 0 aliphatic carbocycles. The van der Waals surface area contributed by atoms with E-state index in [1.54, 1.807) is 6.07 Å². The zero-order chi connectivity index (χ0) is 17.9. The number of nitrogens with one attached hydrogen (secondary N) is 1. The van der Waals surface area contributed by atoms with Crippen molar-refractivity contribution in [3.8, 4) is 0 Å². The Balaban J connectivity index is 2.09. The predicted octanol–water partition coefficient (Wildman–Crippen LogP) is 3.49. The van der Waals surface area contributed by atoms with E-state index in [2.05, 4.69) is 21.2 Å². The summed E-state index contributed by atoms with van der Waals surface area (Å²) >= 11 is 3.19. The van der Waals surface area contributed by atoms with E-state index in [1.807, 2.05) is 0 Å². The molecule has 0 aromatic heterocycles. The topological polar surface area (TPSA) is 81.4 Å². The van der Waals surface area contributed by atoms with Crippen molar-refractivity contribution in [3.63, 3.8) is 0 Å². The number of ether oxygens (including phenoxy) is 1. The van der Waals surface area contributed by atoms with Crippen LogP contribution < -0.4 is 11.1 Å². The second-order valence-corrected chi connectivity index (χ2v) is 5.78. The molecule has 0 radical (unpaired) electrons. The van der Waals surface area contributed by atoms with Crippen LogP contribution in [0.15, 0.2) is 40.9 Å².